The van der Waals surface area contributed by atoms with E-state index in [0.717, 1.165) is 7.11 Å². The molecule has 0 radical (unpaired) electrons. The summed E-state index contributed by atoms with van der Waals surface area (Å²) in [5, 5.41) is 10.1. The molecule has 0 spiro atoms. The number of nitrogens with one attached hydrogen (secondary N) is 4. The third-order valence-corrected chi connectivity index (χ3v) is 5.66. The lowest BCUT2D eigenvalue weighted by atomic mass is 10.1. The highest BCUT2D eigenvalue weighted by Gasteiger charge is 2.35. The van der Waals surface area contributed by atoms with Crippen molar-refractivity contribution in [3.8, 4) is 0 Å². The smallest absolute Gasteiger partial charge is 0.407 e. The van der Waals surface area contributed by atoms with Crippen LogP contribution in [-0.4, -0.2) is 114 Å². The molecule has 1 fully saturated rings. The van der Waals surface area contributed by atoms with E-state index < -0.39 is 60.2 Å². The molecule has 44 heavy (non-hydrogen) atoms. The first-order valence-corrected chi connectivity index (χ1v) is 13.4. The summed E-state index contributed by atoms with van der Waals surface area (Å²) in [4.78, 5) is 95.3. The van der Waals surface area contributed by atoms with Crippen LogP contribution in [0.15, 0.2) is 0 Å². The molecule has 19 nitrogen and oxygen atoms in total. The van der Waals surface area contributed by atoms with Gasteiger partial charge in [-0.1, -0.05) is 0 Å². The maximum atomic E-state index is 12.1. The van der Waals surface area contributed by atoms with E-state index in [-0.39, 0.29) is 19.3 Å². The van der Waals surface area contributed by atoms with Crippen LogP contribution in [0.3, 0.4) is 0 Å². The van der Waals surface area contributed by atoms with Crippen molar-refractivity contribution in [2.45, 2.75) is 63.5 Å². The minimum absolute atomic E-state index is 0.0274. The first-order valence-electron chi connectivity index (χ1n) is 13.4. The summed E-state index contributed by atoms with van der Waals surface area (Å²) in [7, 11) is 6.11. The van der Waals surface area contributed by atoms with E-state index >= 15 is 0 Å². The molecule has 19 heteroatoms. The lowest BCUT2D eigenvalue weighted by Gasteiger charge is -2.19. The van der Waals surface area contributed by atoms with Crippen molar-refractivity contribution in [3.05, 3.63) is 0 Å². The van der Waals surface area contributed by atoms with Crippen molar-refractivity contribution in [2.75, 3.05) is 48.6 Å². The molecule has 0 bridgehead atoms. The fourth-order valence-electron chi connectivity index (χ4n) is 3.33. The van der Waals surface area contributed by atoms with Gasteiger partial charge in [0.05, 0.1) is 35.5 Å². The zero-order chi connectivity index (χ0) is 33.5. The van der Waals surface area contributed by atoms with Gasteiger partial charge in [-0.2, -0.15) is 0 Å². The molecule has 1 aliphatic heterocycles. The summed E-state index contributed by atoms with van der Waals surface area (Å²) in [6.07, 6.45) is 0.0834. The molecular formula is C25H41N5O14. The number of ether oxygens (including phenoxy) is 5. The van der Waals surface area contributed by atoms with Crippen LogP contribution in [0.1, 0.15) is 51.4 Å². The highest BCUT2D eigenvalue weighted by molar-refractivity contribution is 6.01. The molecule has 1 heterocycles. The molecule has 0 aromatic rings. The number of hydrogen-bond donors (Lipinski definition) is 4. The van der Waals surface area contributed by atoms with Crippen LogP contribution >= 0.6 is 0 Å². The van der Waals surface area contributed by atoms with Crippen LogP contribution in [0, 0.1) is 0 Å². The topological polar surface area (TPSA) is 243 Å². The molecule has 2 atom stereocenters. The van der Waals surface area contributed by atoms with E-state index in [2.05, 4.69) is 45.0 Å². The molecular weight excluding hydrogens is 594 g/mol. The van der Waals surface area contributed by atoms with Gasteiger partial charge in [0.1, 0.15) is 12.1 Å². The van der Waals surface area contributed by atoms with Crippen molar-refractivity contribution >= 4 is 48.1 Å². The number of nitrogens with zero attached hydrogens (tertiary/aromatic N) is 1. The number of imide groups is 1. The van der Waals surface area contributed by atoms with Gasteiger partial charge in [0.2, 0.25) is 0 Å². The number of esters is 1. The normalized spacial score (nSPS) is 13.2. The van der Waals surface area contributed by atoms with E-state index in [4.69, 9.17) is 4.84 Å². The molecule has 250 valence electrons. The summed E-state index contributed by atoms with van der Waals surface area (Å²) in [6, 6.07) is -1.86. The van der Waals surface area contributed by atoms with Crippen LogP contribution in [0.25, 0.3) is 0 Å². The van der Waals surface area contributed by atoms with Crippen LogP contribution in [0.5, 0.6) is 0 Å². The minimum Gasteiger partial charge on any atom is -0.467 e. The predicted octanol–water partition coefficient (Wildman–Crippen LogP) is 0.255. The van der Waals surface area contributed by atoms with Gasteiger partial charge >= 0.3 is 36.3 Å². The van der Waals surface area contributed by atoms with E-state index in [9.17, 15) is 38.4 Å². The Morgan fingerprint density at radius 1 is 0.591 bits per heavy atom. The fourth-order valence-corrected chi connectivity index (χ4v) is 3.33. The van der Waals surface area contributed by atoms with Crippen molar-refractivity contribution in [1.29, 1.82) is 0 Å². The number of alkyl carbamates (subject to hydrolysis) is 4. The van der Waals surface area contributed by atoms with Crippen LogP contribution in [-0.2, 0) is 47.7 Å². The molecule has 6 amide bonds. The Morgan fingerprint density at radius 2 is 0.977 bits per heavy atom. The van der Waals surface area contributed by atoms with Crippen LogP contribution in [0.4, 0.5) is 19.2 Å². The fraction of sp³-hybridized carbons (Fsp3) is 0.680. The molecule has 0 aromatic heterocycles. The number of hydroxylamine groups is 2. The van der Waals surface area contributed by atoms with Crippen molar-refractivity contribution in [2.24, 2.45) is 0 Å². The average molecular weight is 636 g/mol. The van der Waals surface area contributed by atoms with Gasteiger partial charge in [-0.05, 0) is 38.5 Å². The third kappa shape index (κ3) is 16.6. The van der Waals surface area contributed by atoms with Crippen LogP contribution < -0.4 is 21.3 Å². The lowest BCUT2D eigenvalue weighted by molar-refractivity contribution is -0.199. The molecule has 0 aromatic carbocycles. The number of unbranched alkanes of at least 4 members (excludes halogenated alkanes) is 2. The summed E-state index contributed by atoms with van der Waals surface area (Å²) in [5.74, 6) is -2.71. The van der Waals surface area contributed by atoms with Crippen molar-refractivity contribution in [1.82, 2.24) is 26.3 Å². The largest absolute Gasteiger partial charge is 0.467 e. The maximum absolute atomic E-state index is 12.1. The zero-order valence-corrected chi connectivity index (χ0v) is 25.4. The van der Waals surface area contributed by atoms with Gasteiger partial charge in [-0.3, -0.25) is 9.59 Å². The average Bonchev–Trinajstić information content (AvgIpc) is 3.34. The van der Waals surface area contributed by atoms with E-state index in [0.29, 0.717) is 50.3 Å². The molecule has 1 aliphatic rings. The number of carbonyl (C=O) groups excluding carboxylic acids is 8. The van der Waals surface area contributed by atoms with Crippen molar-refractivity contribution < 1.29 is 66.9 Å². The first kappa shape index (κ1) is 39.2. The zero-order valence-electron chi connectivity index (χ0n) is 25.4. The first-order chi connectivity index (χ1) is 20.9. The second-order valence-corrected chi connectivity index (χ2v) is 8.72. The Bertz CT molecular complexity index is 976. The Kier molecular flexibility index (Phi) is 20.2. The van der Waals surface area contributed by atoms with Gasteiger partial charge < -0.3 is 49.8 Å². The van der Waals surface area contributed by atoms with Gasteiger partial charge in [-0.25, -0.2) is 28.8 Å². The standard InChI is InChI=1S/C14H21N3O8.C11H20N2O6/c1-23-13(21)15-8-4-3-5-9(16-14(22)24-2)12(20)25-17-10(18)6-7-11(17)19;1-17-9(14)8(13-11(16)19-3)6-4-5-7-12-10(15)18-2/h9H,3-8H2,1-2H3,(H,15,21)(H,16,22);8H,4-7H2,1-3H3,(H,12,15)(H,13,16). The number of carbonyl (C=O) groups is 8. The van der Waals surface area contributed by atoms with Crippen LogP contribution in [0.2, 0.25) is 0 Å². The third-order valence-electron chi connectivity index (χ3n) is 5.66. The quantitative estimate of drug-likeness (QED) is 0.0816. The highest BCUT2D eigenvalue weighted by atomic mass is 16.7. The minimum atomic E-state index is -1.10. The molecule has 0 saturated carbocycles. The summed E-state index contributed by atoms with van der Waals surface area (Å²) < 4.78 is 22.2. The maximum Gasteiger partial charge on any atom is 0.407 e. The Morgan fingerprint density at radius 3 is 1.34 bits per heavy atom. The Labute approximate surface area is 253 Å². The molecule has 2 unspecified atom stereocenters. The second-order valence-electron chi connectivity index (χ2n) is 8.72. The Hall–Kier alpha value is -4.84. The number of rotatable bonds is 15. The SMILES string of the molecule is COC(=O)NCCCCC(NC(=O)OC)C(=O)OC.COC(=O)NCCCCC(NC(=O)OC)C(=O)ON1C(=O)CCC1=O. The highest BCUT2D eigenvalue weighted by Crippen LogP contribution is 2.14. The van der Waals surface area contributed by atoms with Crippen molar-refractivity contribution in [3.63, 3.8) is 0 Å². The van der Waals surface area contributed by atoms with E-state index in [1.54, 1.807) is 0 Å². The van der Waals surface area contributed by atoms with Gasteiger partial charge in [0, 0.05) is 25.9 Å². The molecule has 4 N–H and O–H groups in total. The molecule has 1 saturated heterocycles. The molecule has 1 rings (SSSR count). The summed E-state index contributed by atoms with van der Waals surface area (Å²) in [6.45, 7) is 0.745. The second kappa shape index (κ2) is 22.7. The summed E-state index contributed by atoms with van der Waals surface area (Å²) in [5.41, 5.74) is 0. The monoisotopic (exact) mass is 635 g/mol. The Balaban J connectivity index is 0.000000875. The van der Waals surface area contributed by atoms with Gasteiger partial charge in [-0.15, -0.1) is 5.06 Å². The van der Waals surface area contributed by atoms with E-state index in [1.165, 1.54) is 28.4 Å². The molecule has 0 aliphatic carbocycles. The number of hydrogen-bond acceptors (Lipinski definition) is 14. The lowest BCUT2D eigenvalue weighted by Crippen LogP contribution is -2.45. The van der Waals surface area contributed by atoms with E-state index in [1.807, 2.05) is 0 Å². The number of methoxy groups -OCH3 is 5. The van der Waals surface area contributed by atoms with Gasteiger partial charge in [0.25, 0.3) is 11.8 Å². The summed E-state index contributed by atoms with van der Waals surface area (Å²) >= 11 is 0. The van der Waals surface area contributed by atoms with Gasteiger partial charge in [0.15, 0.2) is 0 Å². The predicted molar refractivity (Wildman–Crippen MR) is 146 cm³/mol. The number of amides is 6.